The van der Waals surface area contributed by atoms with Crippen LogP contribution in [0.4, 0.5) is 0 Å². The Morgan fingerprint density at radius 2 is 1.21 bits per heavy atom. The Kier molecular flexibility index (Phi) is 11.5. The molecule has 1 aromatic heterocycles. The number of aromatic nitrogens is 1. The van der Waals surface area contributed by atoms with Crippen molar-refractivity contribution in [3.8, 4) is 0 Å². The molecular formula is C9H15NSi2Y2. The summed E-state index contributed by atoms with van der Waals surface area (Å²) >= 11 is 0. The van der Waals surface area contributed by atoms with E-state index in [4.69, 9.17) is 0 Å². The van der Waals surface area contributed by atoms with Crippen molar-refractivity contribution in [1.82, 2.24) is 4.98 Å². The molecule has 0 aliphatic carbocycles. The van der Waals surface area contributed by atoms with Gasteiger partial charge in [0.2, 0.25) is 0 Å². The molecule has 1 nitrogen and oxygen atoms in total. The Balaban J connectivity index is 0. The van der Waals surface area contributed by atoms with Crippen LogP contribution in [0.15, 0.2) is 18.2 Å². The van der Waals surface area contributed by atoms with E-state index >= 15 is 0 Å². The molecule has 1 rings (SSSR count). The second-order valence-corrected chi connectivity index (χ2v) is 8.43. The van der Waals surface area contributed by atoms with Crippen LogP contribution in [0.5, 0.6) is 0 Å². The van der Waals surface area contributed by atoms with E-state index in [0.29, 0.717) is 0 Å². The van der Waals surface area contributed by atoms with E-state index in [2.05, 4.69) is 49.4 Å². The van der Waals surface area contributed by atoms with Crippen LogP contribution in [0.3, 0.4) is 0 Å². The molecule has 1 heterocycles. The van der Waals surface area contributed by atoms with Crippen molar-refractivity contribution in [3.63, 3.8) is 0 Å². The molecule has 1 aromatic rings. The molecule has 0 fully saturated rings. The van der Waals surface area contributed by atoms with Crippen LogP contribution in [-0.2, 0) is 65.4 Å². The molecule has 0 bridgehead atoms. The van der Waals surface area contributed by atoms with Gasteiger partial charge in [-0.15, -0.1) is 0 Å². The minimum atomic E-state index is -0.362. The molecule has 0 aliphatic heterocycles. The maximum Gasteiger partial charge on any atom is 0.104 e. The minimum Gasteiger partial charge on any atom is -0.268 e. The van der Waals surface area contributed by atoms with Gasteiger partial charge in [0.25, 0.3) is 0 Å². The number of rotatable bonds is 2. The quantitative estimate of drug-likeness (QED) is 0.707. The van der Waals surface area contributed by atoms with Crippen molar-refractivity contribution in [3.05, 3.63) is 18.2 Å². The van der Waals surface area contributed by atoms with Gasteiger partial charge in [-0.2, -0.15) is 0 Å². The van der Waals surface area contributed by atoms with Gasteiger partial charge in [-0.3, -0.25) is 4.98 Å². The molecule has 0 unspecified atom stereocenters. The van der Waals surface area contributed by atoms with E-state index in [0.717, 1.165) is 0 Å². The van der Waals surface area contributed by atoms with Gasteiger partial charge in [-0.1, -0.05) is 32.3 Å². The van der Waals surface area contributed by atoms with E-state index in [-0.39, 0.29) is 83.0 Å². The summed E-state index contributed by atoms with van der Waals surface area (Å²) < 4.78 is 0. The van der Waals surface area contributed by atoms with Crippen molar-refractivity contribution in [1.29, 1.82) is 0 Å². The van der Waals surface area contributed by atoms with Gasteiger partial charge in [0.15, 0.2) is 0 Å². The summed E-state index contributed by atoms with van der Waals surface area (Å²) in [6, 6.07) is 6.46. The molecule has 0 aliphatic rings. The predicted molar refractivity (Wildman–Crippen MR) is 58.5 cm³/mol. The minimum absolute atomic E-state index is 0. The first-order valence-corrected chi connectivity index (χ1v) is 9.19. The fourth-order valence-electron chi connectivity index (χ4n) is 0.992. The molecule has 0 amide bonds. The van der Waals surface area contributed by atoms with Crippen molar-refractivity contribution >= 4 is 28.2 Å². The van der Waals surface area contributed by atoms with Crippen LogP contribution >= 0.6 is 0 Å². The third-order valence-corrected chi connectivity index (χ3v) is 4.38. The molecular weight excluding hydrogens is 356 g/mol. The van der Waals surface area contributed by atoms with Crippen LogP contribution < -0.4 is 10.6 Å². The van der Waals surface area contributed by atoms with Crippen LogP contribution in [0.2, 0.25) is 26.2 Å². The van der Waals surface area contributed by atoms with Crippen LogP contribution in [-0.4, -0.2) is 22.6 Å². The molecule has 4 radical (unpaired) electrons. The second kappa shape index (κ2) is 8.89. The monoisotopic (exact) mass is 371 g/mol. The molecule has 0 N–H and O–H groups in total. The van der Waals surface area contributed by atoms with Gasteiger partial charge in [0.05, 0.1) is 0 Å². The smallest absolute Gasteiger partial charge is 0.104 e. The Bertz CT molecular complexity index is 243. The molecule has 0 saturated carbocycles. The average molecular weight is 371 g/mol. The van der Waals surface area contributed by atoms with Crippen molar-refractivity contribution in [2.24, 2.45) is 0 Å². The standard InChI is InChI=1S/C9H15NSi2.2Y/c1-11(2)8-6-5-7-9(10-8)12(3)4;;/h5-7H,1-4H3;;. The number of nitrogens with zero attached hydrogens (tertiary/aromatic N) is 1. The van der Waals surface area contributed by atoms with Crippen LogP contribution in [0, 0.1) is 0 Å². The zero-order chi connectivity index (χ0) is 9.14. The summed E-state index contributed by atoms with van der Waals surface area (Å²) in [5.74, 6) is 0. The summed E-state index contributed by atoms with van der Waals surface area (Å²) in [7, 11) is -0.724. The number of hydrogen-bond acceptors (Lipinski definition) is 1. The van der Waals surface area contributed by atoms with Gasteiger partial charge in [0.1, 0.15) is 17.6 Å². The number of hydrogen-bond donors (Lipinski definition) is 0. The van der Waals surface area contributed by atoms with Gasteiger partial charge in [-0.05, 0) is 12.1 Å². The van der Waals surface area contributed by atoms with E-state index in [1.54, 1.807) is 0 Å². The fourth-order valence-corrected chi connectivity index (χ4v) is 2.65. The normalized spacial score (nSPS) is 9.57. The second-order valence-electron chi connectivity index (χ2n) is 3.41. The SMILES string of the molecule is C[Si](C)c1cccc([Si](C)C)n1.[Y].[Y]. The Hall–Kier alpha value is 1.79. The number of pyridine rings is 1. The van der Waals surface area contributed by atoms with Crippen LogP contribution in [0.25, 0.3) is 0 Å². The van der Waals surface area contributed by atoms with E-state index in [1.165, 1.54) is 10.6 Å². The average Bonchev–Trinajstić information content (AvgIpc) is 2.04. The topological polar surface area (TPSA) is 12.9 Å². The van der Waals surface area contributed by atoms with E-state index in [1.807, 2.05) is 0 Å². The van der Waals surface area contributed by atoms with Crippen LogP contribution in [0.1, 0.15) is 0 Å². The molecule has 14 heavy (non-hydrogen) atoms. The van der Waals surface area contributed by atoms with Gasteiger partial charge < -0.3 is 0 Å². The first-order chi connectivity index (χ1) is 5.61. The Morgan fingerprint density at radius 1 is 0.857 bits per heavy atom. The molecule has 5 heteroatoms. The van der Waals surface area contributed by atoms with E-state index in [9.17, 15) is 0 Å². The Labute approximate surface area is 141 Å². The maximum absolute atomic E-state index is 4.66. The van der Waals surface area contributed by atoms with Gasteiger partial charge in [0, 0.05) is 76.1 Å². The van der Waals surface area contributed by atoms with Crippen molar-refractivity contribution < 1.29 is 65.4 Å². The summed E-state index contributed by atoms with van der Waals surface area (Å²) in [4.78, 5) is 4.66. The summed E-state index contributed by atoms with van der Waals surface area (Å²) in [5.41, 5.74) is 0. The van der Waals surface area contributed by atoms with E-state index < -0.39 is 0 Å². The third kappa shape index (κ3) is 5.76. The molecule has 0 spiro atoms. The zero-order valence-electron chi connectivity index (χ0n) is 9.33. The predicted octanol–water partition coefficient (Wildman–Crippen LogP) is 0.999. The third-order valence-electron chi connectivity index (χ3n) is 1.77. The maximum atomic E-state index is 4.66. The molecule has 70 valence electrons. The van der Waals surface area contributed by atoms with Crippen molar-refractivity contribution in [2.75, 3.05) is 0 Å². The zero-order valence-corrected chi connectivity index (χ0v) is 17.0. The Morgan fingerprint density at radius 3 is 1.50 bits per heavy atom. The van der Waals surface area contributed by atoms with Gasteiger partial charge in [-0.25, -0.2) is 0 Å². The largest absolute Gasteiger partial charge is 0.268 e. The van der Waals surface area contributed by atoms with Gasteiger partial charge >= 0.3 is 0 Å². The van der Waals surface area contributed by atoms with Crippen molar-refractivity contribution in [2.45, 2.75) is 26.2 Å². The fraction of sp³-hybridized carbons (Fsp3) is 0.444. The first-order valence-electron chi connectivity index (χ1n) is 4.19. The summed E-state index contributed by atoms with van der Waals surface area (Å²) in [6.07, 6.45) is 0. The molecule has 0 atom stereocenters. The summed E-state index contributed by atoms with van der Waals surface area (Å²) in [5, 5.41) is 2.65. The molecule has 0 saturated heterocycles. The summed E-state index contributed by atoms with van der Waals surface area (Å²) in [6.45, 7) is 9.14. The molecule has 0 aromatic carbocycles. The first kappa shape index (κ1) is 18.2.